The van der Waals surface area contributed by atoms with E-state index in [2.05, 4.69) is 27.8 Å². The van der Waals surface area contributed by atoms with Crippen molar-refractivity contribution < 1.29 is 9.53 Å². The van der Waals surface area contributed by atoms with Crippen molar-refractivity contribution in [3.05, 3.63) is 82.6 Å². The summed E-state index contributed by atoms with van der Waals surface area (Å²) in [4.78, 5) is 16.8. The van der Waals surface area contributed by atoms with E-state index in [1.807, 2.05) is 25.1 Å². The van der Waals surface area contributed by atoms with Gasteiger partial charge in [0, 0.05) is 30.0 Å². The molecule has 0 aliphatic carbocycles. The lowest BCUT2D eigenvalue weighted by Crippen LogP contribution is -2.14. The molecule has 6 heteroatoms. The van der Waals surface area contributed by atoms with Crippen LogP contribution in [0.4, 0.5) is 11.4 Å². The van der Waals surface area contributed by atoms with Gasteiger partial charge in [0.2, 0.25) is 0 Å². The topological polar surface area (TPSA) is 63.2 Å². The third kappa shape index (κ3) is 5.02. The Labute approximate surface area is 169 Å². The fraction of sp³-hybridized carbons (Fsp3) is 0.182. The molecule has 0 unspecified atom stereocenters. The average molecular weight is 396 g/mol. The molecule has 0 aliphatic heterocycles. The summed E-state index contributed by atoms with van der Waals surface area (Å²) < 4.78 is 5.31. The summed E-state index contributed by atoms with van der Waals surface area (Å²) in [5, 5.41) is 6.76. The first-order valence-electron chi connectivity index (χ1n) is 8.95. The molecule has 3 aromatic rings. The van der Waals surface area contributed by atoms with Gasteiger partial charge < -0.3 is 15.4 Å². The largest absolute Gasteiger partial charge is 0.495 e. The van der Waals surface area contributed by atoms with Gasteiger partial charge in [-0.05, 0) is 36.6 Å². The first-order valence-corrected chi connectivity index (χ1v) is 9.33. The van der Waals surface area contributed by atoms with E-state index < -0.39 is 0 Å². The molecule has 0 atom stereocenters. The van der Waals surface area contributed by atoms with Gasteiger partial charge in [0.25, 0.3) is 5.91 Å². The minimum atomic E-state index is -0.265. The number of benzene rings is 2. The highest BCUT2D eigenvalue weighted by molar-refractivity contribution is 6.31. The summed E-state index contributed by atoms with van der Waals surface area (Å²) in [7, 11) is 1.54. The Morgan fingerprint density at radius 3 is 2.68 bits per heavy atom. The maximum Gasteiger partial charge on any atom is 0.257 e. The van der Waals surface area contributed by atoms with E-state index in [0.717, 1.165) is 24.2 Å². The lowest BCUT2D eigenvalue weighted by molar-refractivity contribution is 0.102. The van der Waals surface area contributed by atoms with Crippen LogP contribution in [0.1, 0.15) is 21.5 Å². The third-order valence-corrected chi connectivity index (χ3v) is 4.72. The van der Waals surface area contributed by atoms with Gasteiger partial charge in [0.05, 0.1) is 24.0 Å². The molecule has 5 nitrogen and oxygen atoms in total. The van der Waals surface area contributed by atoms with Crippen molar-refractivity contribution in [2.45, 2.75) is 13.3 Å². The molecule has 144 valence electrons. The Balaban J connectivity index is 1.66. The van der Waals surface area contributed by atoms with E-state index in [9.17, 15) is 4.79 Å². The summed E-state index contributed by atoms with van der Waals surface area (Å²) in [6.45, 7) is 2.62. The second-order valence-corrected chi connectivity index (χ2v) is 6.79. The number of anilines is 2. The van der Waals surface area contributed by atoms with Crippen LogP contribution in [0, 0.1) is 6.92 Å². The Morgan fingerprint density at radius 1 is 1.14 bits per heavy atom. The summed E-state index contributed by atoms with van der Waals surface area (Å²) in [5.74, 6) is 0.244. The summed E-state index contributed by atoms with van der Waals surface area (Å²) in [6, 6.07) is 15.5. The first-order chi connectivity index (χ1) is 13.6. The normalized spacial score (nSPS) is 10.4. The number of aryl methyl sites for hydroxylation is 1. The van der Waals surface area contributed by atoms with Crippen LogP contribution in [-0.4, -0.2) is 24.5 Å². The Kier molecular flexibility index (Phi) is 6.50. The number of methoxy groups -OCH3 is 1. The molecule has 28 heavy (non-hydrogen) atoms. The molecular formula is C22H22ClN3O2. The highest BCUT2D eigenvalue weighted by Gasteiger charge is 2.13. The lowest BCUT2D eigenvalue weighted by Gasteiger charge is -2.13. The number of amides is 1. The van der Waals surface area contributed by atoms with Crippen LogP contribution in [0.25, 0.3) is 0 Å². The number of carbonyl (C=O) groups is 1. The molecule has 2 aromatic carbocycles. The summed E-state index contributed by atoms with van der Waals surface area (Å²) in [5.41, 5.74) is 3.92. The van der Waals surface area contributed by atoms with E-state index in [0.29, 0.717) is 22.0 Å². The zero-order chi connectivity index (χ0) is 19.9. The minimum absolute atomic E-state index is 0.265. The average Bonchev–Trinajstić information content (AvgIpc) is 2.71. The van der Waals surface area contributed by atoms with Crippen LogP contribution in [-0.2, 0) is 6.42 Å². The molecule has 0 saturated carbocycles. The standard InChI is InChI=1S/C22H22ClN3O2/c1-15-10-20(21(28-2)12-19(15)23)26-22(27)17-11-18(14-24-13-17)25-9-8-16-6-4-3-5-7-16/h3-7,10-14,25H,8-9H2,1-2H3,(H,26,27). The Morgan fingerprint density at radius 2 is 1.93 bits per heavy atom. The number of hydrogen-bond donors (Lipinski definition) is 2. The number of nitrogens with zero attached hydrogens (tertiary/aromatic N) is 1. The molecule has 0 spiro atoms. The number of halogens is 1. The molecule has 2 N–H and O–H groups in total. The number of hydrogen-bond acceptors (Lipinski definition) is 4. The van der Waals surface area contributed by atoms with E-state index in [1.54, 1.807) is 24.4 Å². The van der Waals surface area contributed by atoms with Crippen molar-refractivity contribution in [3.8, 4) is 5.75 Å². The van der Waals surface area contributed by atoms with Crippen molar-refractivity contribution >= 4 is 28.9 Å². The molecule has 1 aromatic heterocycles. The van der Waals surface area contributed by atoms with E-state index in [4.69, 9.17) is 16.3 Å². The maximum absolute atomic E-state index is 12.7. The molecule has 0 bridgehead atoms. The second kappa shape index (κ2) is 9.24. The smallest absolute Gasteiger partial charge is 0.257 e. The zero-order valence-corrected chi connectivity index (χ0v) is 16.6. The second-order valence-electron chi connectivity index (χ2n) is 6.38. The molecule has 0 aliphatic rings. The maximum atomic E-state index is 12.7. The Hall–Kier alpha value is -3.05. The monoisotopic (exact) mass is 395 g/mol. The highest BCUT2D eigenvalue weighted by atomic mass is 35.5. The number of ether oxygens (including phenoxy) is 1. The van der Waals surface area contributed by atoms with Crippen molar-refractivity contribution in [1.82, 2.24) is 4.98 Å². The number of nitrogens with one attached hydrogen (secondary N) is 2. The van der Waals surface area contributed by atoms with Gasteiger partial charge in [-0.2, -0.15) is 0 Å². The van der Waals surface area contributed by atoms with Gasteiger partial charge in [-0.25, -0.2) is 0 Å². The number of carbonyl (C=O) groups excluding carboxylic acids is 1. The van der Waals surface area contributed by atoms with Crippen molar-refractivity contribution in [3.63, 3.8) is 0 Å². The quantitative estimate of drug-likeness (QED) is 0.593. The van der Waals surface area contributed by atoms with Crippen molar-refractivity contribution in [2.75, 3.05) is 24.3 Å². The van der Waals surface area contributed by atoms with Crippen molar-refractivity contribution in [2.24, 2.45) is 0 Å². The molecule has 0 radical (unpaired) electrons. The Bertz CT molecular complexity index is 961. The van der Waals surface area contributed by atoms with Crippen LogP contribution in [0.15, 0.2) is 60.9 Å². The number of pyridine rings is 1. The van der Waals surface area contributed by atoms with Gasteiger partial charge in [-0.3, -0.25) is 9.78 Å². The van der Waals surface area contributed by atoms with Gasteiger partial charge in [-0.1, -0.05) is 41.9 Å². The molecule has 1 amide bonds. The van der Waals surface area contributed by atoms with Gasteiger partial charge in [-0.15, -0.1) is 0 Å². The fourth-order valence-electron chi connectivity index (χ4n) is 2.78. The van der Waals surface area contributed by atoms with Crippen LogP contribution >= 0.6 is 11.6 Å². The van der Waals surface area contributed by atoms with Crippen LogP contribution in [0.3, 0.4) is 0 Å². The number of rotatable bonds is 7. The van der Waals surface area contributed by atoms with Gasteiger partial charge in [0.15, 0.2) is 0 Å². The molecule has 0 fully saturated rings. The van der Waals surface area contributed by atoms with Crippen LogP contribution in [0.5, 0.6) is 5.75 Å². The van der Waals surface area contributed by atoms with E-state index >= 15 is 0 Å². The first kappa shape index (κ1) is 19.7. The van der Waals surface area contributed by atoms with Gasteiger partial charge in [0.1, 0.15) is 5.75 Å². The number of aromatic nitrogens is 1. The van der Waals surface area contributed by atoms with Crippen molar-refractivity contribution in [1.29, 1.82) is 0 Å². The summed E-state index contributed by atoms with van der Waals surface area (Å²) in [6.07, 6.45) is 4.13. The SMILES string of the molecule is COc1cc(Cl)c(C)cc1NC(=O)c1cncc(NCCc2ccccc2)c1. The molecule has 3 rings (SSSR count). The van der Waals surface area contributed by atoms with Gasteiger partial charge >= 0.3 is 0 Å². The third-order valence-electron chi connectivity index (χ3n) is 4.32. The predicted molar refractivity (Wildman–Crippen MR) is 114 cm³/mol. The molecule has 0 saturated heterocycles. The van der Waals surface area contributed by atoms with E-state index in [1.165, 1.54) is 18.9 Å². The minimum Gasteiger partial charge on any atom is -0.495 e. The van der Waals surface area contributed by atoms with E-state index in [-0.39, 0.29) is 5.91 Å². The summed E-state index contributed by atoms with van der Waals surface area (Å²) >= 11 is 6.12. The molecule has 1 heterocycles. The fourth-order valence-corrected chi connectivity index (χ4v) is 2.93. The van der Waals surface area contributed by atoms with Crippen LogP contribution < -0.4 is 15.4 Å². The van der Waals surface area contributed by atoms with Crippen LogP contribution in [0.2, 0.25) is 5.02 Å². The predicted octanol–water partition coefficient (Wildman–Crippen LogP) is 4.96. The zero-order valence-electron chi connectivity index (χ0n) is 15.8. The molecular weight excluding hydrogens is 374 g/mol. The highest BCUT2D eigenvalue weighted by Crippen LogP contribution is 2.31. The lowest BCUT2D eigenvalue weighted by atomic mass is 10.1.